The SMILES string of the molecule is O=C(Nc1sc2c(c1[C@@H](c1ccncc1)N1CCOCC1)CCCC2)c1ccco1. The molecule has 30 heavy (non-hydrogen) atoms. The van der Waals surface area contributed by atoms with Crippen molar-refractivity contribution in [2.75, 3.05) is 31.6 Å². The molecule has 0 aromatic carbocycles. The first-order valence-corrected chi connectivity index (χ1v) is 11.3. The number of hydrogen-bond acceptors (Lipinski definition) is 6. The van der Waals surface area contributed by atoms with Gasteiger partial charge in [-0.15, -0.1) is 11.3 Å². The van der Waals surface area contributed by atoms with Crippen molar-refractivity contribution < 1.29 is 13.9 Å². The van der Waals surface area contributed by atoms with Gasteiger partial charge in [-0.25, -0.2) is 0 Å². The maximum absolute atomic E-state index is 12.8. The summed E-state index contributed by atoms with van der Waals surface area (Å²) in [5, 5.41) is 4.11. The average molecular weight is 424 g/mol. The quantitative estimate of drug-likeness (QED) is 0.663. The Hall–Kier alpha value is -2.48. The predicted molar refractivity (Wildman–Crippen MR) is 116 cm³/mol. The number of morpholine rings is 1. The molecule has 1 aliphatic heterocycles. The number of thiophene rings is 1. The number of anilines is 1. The first-order valence-electron chi connectivity index (χ1n) is 10.5. The highest BCUT2D eigenvalue weighted by atomic mass is 32.1. The molecule has 1 saturated heterocycles. The van der Waals surface area contributed by atoms with Crippen LogP contribution in [0, 0.1) is 0 Å². The standard InChI is InChI=1S/C23H25N3O3S/c27-22(18-5-3-13-29-18)25-23-20(17-4-1-2-6-19(17)30-23)21(16-7-9-24-10-8-16)26-11-14-28-15-12-26/h3,5,7-10,13,21H,1-2,4,6,11-12,14-15H2,(H,25,27)/t21-/m1/s1. The van der Waals surface area contributed by atoms with Crippen LogP contribution in [0.3, 0.4) is 0 Å². The topological polar surface area (TPSA) is 67.6 Å². The van der Waals surface area contributed by atoms with Gasteiger partial charge in [0.15, 0.2) is 5.76 Å². The number of aromatic nitrogens is 1. The molecule has 156 valence electrons. The minimum absolute atomic E-state index is 0.0712. The van der Waals surface area contributed by atoms with E-state index in [4.69, 9.17) is 9.15 Å². The smallest absolute Gasteiger partial charge is 0.291 e. The summed E-state index contributed by atoms with van der Waals surface area (Å²) in [6, 6.07) is 7.69. The third kappa shape index (κ3) is 3.80. The van der Waals surface area contributed by atoms with E-state index < -0.39 is 0 Å². The number of nitrogens with zero attached hydrogens (tertiary/aromatic N) is 2. The van der Waals surface area contributed by atoms with E-state index in [0.717, 1.165) is 44.1 Å². The highest BCUT2D eigenvalue weighted by Crippen LogP contribution is 2.45. The zero-order valence-electron chi connectivity index (χ0n) is 16.8. The van der Waals surface area contributed by atoms with E-state index in [-0.39, 0.29) is 11.9 Å². The second kappa shape index (κ2) is 8.71. The number of hydrogen-bond donors (Lipinski definition) is 1. The van der Waals surface area contributed by atoms with Crippen molar-refractivity contribution in [1.29, 1.82) is 0 Å². The predicted octanol–water partition coefficient (Wildman–Crippen LogP) is 4.29. The Morgan fingerprint density at radius 2 is 1.93 bits per heavy atom. The van der Waals surface area contributed by atoms with Crippen LogP contribution in [0.15, 0.2) is 47.3 Å². The zero-order valence-corrected chi connectivity index (χ0v) is 17.6. The molecule has 6 nitrogen and oxygen atoms in total. The van der Waals surface area contributed by atoms with Gasteiger partial charge in [-0.2, -0.15) is 0 Å². The number of amides is 1. The molecule has 7 heteroatoms. The van der Waals surface area contributed by atoms with Crippen LogP contribution >= 0.6 is 11.3 Å². The molecule has 3 aromatic heterocycles. The number of carbonyl (C=O) groups is 1. The van der Waals surface area contributed by atoms with Gasteiger partial charge in [0.1, 0.15) is 5.00 Å². The normalized spacial score (nSPS) is 18.0. The van der Waals surface area contributed by atoms with Crippen molar-refractivity contribution in [2.24, 2.45) is 0 Å². The molecule has 1 amide bonds. The van der Waals surface area contributed by atoms with Gasteiger partial charge in [0, 0.05) is 35.9 Å². The van der Waals surface area contributed by atoms with Crippen LogP contribution in [0.25, 0.3) is 0 Å². The van der Waals surface area contributed by atoms with Gasteiger partial charge in [0.25, 0.3) is 5.91 Å². The Kier molecular flexibility index (Phi) is 5.66. The number of ether oxygens (including phenoxy) is 1. The van der Waals surface area contributed by atoms with Crippen molar-refractivity contribution in [1.82, 2.24) is 9.88 Å². The summed E-state index contributed by atoms with van der Waals surface area (Å²) in [5.74, 6) is 0.134. The minimum atomic E-state index is -0.199. The van der Waals surface area contributed by atoms with Crippen LogP contribution in [0.1, 0.15) is 51.0 Å². The largest absolute Gasteiger partial charge is 0.459 e. The van der Waals surface area contributed by atoms with E-state index in [0.29, 0.717) is 5.76 Å². The summed E-state index contributed by atoms with van der Waals surface area (Å²) in [7, 11) is 0. The van der Waals surface area contributed by atoms with Crippen molar-refractivity contribution in [3.05, 3.63) is 70.3 Å². The molecular weight excluding hydrogens is 398 g/mol. The number of nitrogens with one attached hydrogen (secondary N) is 1. The number of rotatable bonds is 5. The maximum Gasteiger partial charge on any atom is 0.291 e. The lowest BCUT2D eigenvalue weighted by Gasteiger charge is -2.36. The van der Waals surface area contributed by atoms with Crippen molar-refractivity contribution in [3.63, 3.8) is 0 Å². The van der Waals surface area contributed by atoms with Gasteiger partial charge in [-0.1, -0.05) is 0 Å². The second-order valence-corrected chi connectivity index (χ2v) is 8.82. The van der Waals surface area contributed by atoms with Gasteiger partial charge in [0.05, 0.1) is 25.5 Å². The van der Waals surface area contributed by atoms with Crippen molar-refractivity contribution in [3.8, 4) is 0 Å². The molecule has 5 rings (SSSR count). The van der Waals surface area contributed by atoms with Gasteiger partial charge >= 0.3 is 0 Å². The number of aryl methyl sites for hydroxylation is 1. The molecule has 1 aliphatic carbocycles. The van der Waals surface area contributed by atoms with Crippen LogP contribution in [-0.4, -0.2) is 42.1 Å². The monoisotopic (exact) mass is 423 g/mol. The van der Waals surface area contributed by atoms with Crippen molar-refractivity contribution in [2.45, 2.75) is 31.7 Å². The zero-order chi connectivity index (χ0) is 20.3. The highest BCUT2D eigenvalue weighted by molar-refractivity contribution is 7.16. The molecule has 2 aliphatic rings. The number of fused-ring (bicyclic) bond motifs is 1. The summed E-state index contributed by atoms with van der Waals surface area (Å²) >= 11 is 1.73. The Balaban J connectivity index is 1.60. The van der Waals surface area contributed by atoms with Crippen LogP contribution in [0.4, 0.5) is 5.00 Å². The molecular formula is C23H25N3O3S. The molecule has 0 saturated carbocycles. The van der Waals surface area contributed by atoms with Gasteiger partial charge in [-0.3, -0.25) is 14.7 Å². The van der Waals surface area contributed by atoms with Crippen LogP contribution in [-0.2, 0) is 17.6 Å². The van der Waals surface area contributed by atoms with E-state index >= 15 is 0 Å². The van der Waals surface area contributed by atoms with E-state index in [1.807, 2.05) is 12.4 Å². The minimum Gasteiger partial charge on any atom is -0.459 e. The summed E-state index contributed by atoms with van der Waals surface area (Å²) < 4.78 is 11.0. The maximum atomic E-state index is 12.8. The molecule has 0 bridgehead atoms. The number of pyridine rings is 1. The molecule has 1 N–H and O–H groups in total. The van der Waals surface area contributed by atoms with Crippen LogP contribution in [0.2, 0.25) is 0 Å². The number of carbonyl (C=O) groups excluding carboxylic acids is 1. The molecule has 0 unspecified atom stereocenters. The number of furan rings is 1. The Morgan fingerprint density at radius 1 is 1.13 bits per heavy atom. The Bertz CT molecular complexity index is 994. The molecule has 1 fully saturated rings. The molecule has 4 heterocycles. The third-order valence-corrected chi connectivity index (χ3v) is 7.11. The van der Waals surface area contributed by atoms with Crippen molar-refractivity contribution >= 4 is 22.2 Å². The second-order valence-electron chi connectivity index (χ2n) is 7.72. The molecule has 0 spiro atoms. The van der Waals surface area contributed by atoms with E-state index in [1.54, 1.807) is 23.5 Å². The van der Waals surface area contributed by atoms with Gasteiger partial charge < -0.3 is 14.5 Å². The fourth-order valence-electron chi connectivity index (χ4n) is 4.49. The Morgan fingerprint density at radius 3 is 2.70 bits per heavy atom. The van der Waals surface area contributed by atoms with Crippen LogP contribution in [0.5, 0.6) is 0 Å². The lowest BCUT2D eigenvalue weighted by atomic mass is 9.89. The summed E-state index contributed by atoms with van der Waals surface area (Å²) in [6.45, 7) is 3.18. The first kappa shape index (κ1) is 19.5. The van der Waals surface area contributed by atoms with Gasteiger partial charge in [0.2, 0.25) is 0 Å². The van der Waals surface area contributed by atoms with Gasteiger partial charge in [-0.05, 0) is 61.1 Å². The Labute approximate surface area is 179 Å². The summed E-state index contributed by atoms with van der Waals surface area (Å²) in [4.78, 5) is 20.9. The lowest BCUT2D eigenvalue weighted by Crippen LogP contribution is -2.40. The molecule has 3 aromatic rings. The lowest BCUT2D eigenvalue weighted by molar-refractivity contribution is 0.0239. The highest BCUT2D eigenvalue weighted by Gasteiger charge is 2.33. The molecule has 1 atom stereocenters. The van der Waals surface area contributed by atoms with E-state index in [9.17, 15) is 4.79 Å². The summed E-state index contributed by atoms with van der Waals surface area (Å²) in [5.41, 5.74) is 3.85. The third-order valence-electron chi connectivity index (χ3n) is 5.89. The fourth-order valence-corrected chi connectivity index (χ4v) is 5.80. The molecule has 0 radical (unpaired) electrons. The summed E-state index contributed by atoms with van der Waals surface area (Å²) in [6.07, 6.45) is 9.76. The first-order chi connectivity index (χ1) is 14.8. The van der Waals surface area contributed by atoms with Crippen LogP contribution < -0.4 is 5.32 Å². The average Bonchev–Trinajstić information content (AvgIpc) is 3.45. The van der Waals surface area contributed by atoms with E-state index in [2.05, 4.69) is 27.3 Å². The fraction of sp³-hybridized carbons (Fsp3) is 0.391. The van der Waals surface area contributed by atoms with E-state index in [1.165, 1.54) is 40.7 Å².